The highest BCUT2D eigenvalue weighted by molar-refractivity contribution is 5.39. The van der Waals surface area contributed by atoms with Crippen LogP contribution in [0.2, 0.25) is 0 Å². The van der Waals surface area contributed by atoms with Crippen LogP contribution in [0.3, 0.4) is 0 Å². The summed E-state index contributed by atoms with van der Waals surface area (Å²) in [5.74, 6) is 2.02. The number of aromatic nitrogens is 1. The molecule has 3 rings (SSSR count). The first-order valence-corrected chi connectivity index (χ1v) is 8.47. The van der Waals surface area contributed by atoms with Crippen molar-refractivity contribution >= 4 is 5.82 Å². The molecular formula is C17H28N4. The van der Waals surface area contributed by atoms with E-state index in [1.807, 2.05) is 6.20 Å². The average molecular weight is 288 g/mol. The second-order valence-corrected chi connectivity index (χ2v) is 6.50. The molecule has 0 atom stereocenters. The van der Waals surface area contributed by atoms with Gasteiger partial charge in [-0.25, -0.2) is 4.98 Å². The minimum absolute atomic E-state index is 0.697. The van der Waals surface area contributed by atoms with Gasteiger partial charge in [-0.05, 0) is 69.3 Å². The quantitative estimate of drug-likeness (QED) is 0.899. The molecule has 2 aliphatic heterocycles. The van der Waals surface area contributed by atoms with Gasteiger partial charge in [0.2, 0.25) is 0 Å². The largest absolute Gasteiger partial charge is 0.357 e. The fourth-order valence-corrected chi connectivity index (χ4v) is 3.59. The van der Waals surface area contributed by atoms with Crippen LogP contribution in [0.15, 0.2) is 18.3 Å². The number of likely N-dealkylation sites (tertiary alicyclic amines) is 1. The molecule has 2 aliphatic rings. The topological polar surface area (TPSA) is 45.4 Å². The number of rotatable bonds is 5. The molecule has 2 saturated heterocycles. The molecule has 0 unspecified atom stereocenters. The molecule has 3 heterocycles. The van der Waals surface area contributed by atoms with Crippen LogP contribution in [0.4, 0.5) is 5.82 Å². The van der Waals surface area contributed by atoms with Gasteiger partial charge in [0.1, 0.15) is 5.82 Å². The number of anilines is 1. The standard InChI is InChI=1S/C17H28N4/c18-8-5-15-3-4-17(19-13-15)21-11-6-16(7-12-21)14-20-9-1-2-10-20/h3-4,13,16H,1-2,5-12,14,18H2. The predicted molar refractivity (Wildman–Crippen MR) is 87.6 cm³/mol. The Morgan fingerprint density at radius 3 is 2.48 bits per heavy atom. The third kappa shape index (κ3) is 3.95. The SMILES string of the molecule is NCCc1ccc(N2CCC(CN3CCCC3)CC2)nc1. The molecule has 0 bridgehead atoms. The number of piperidine rings is 1. The molecule has 0 amide bonds. The van der Waals surface area contributed by atoms with Crippen molar-refractivity contribution in [2.24, 2.45) is 11.7 Å². The summed E-state index contributed by atoms with van der Waals surface area (Å²) >= 11 is 0. The van der Waals surface area contributed by atoms with E-state index >= 15 is 0 Å². The van der Waals surface area contributed by atoms with E-state index < -0.39 is 0 Å². The lowest BCUT2D eigenvalue weighted by molar-refractivity contribution is 0.249. The van der Waals surface area contributed by atoms with Gasteiger partial charge in [-0.15, -0.1) is 0 Å². The van der Waals surface area contributed by atoms with E-state index in [1.165, 1.54) is 50.9 Å². The lowest BCUT2D eigenvalue weighted by Gasteiger charge is -2.34. The van der Waals surface area contributed by atoms with E-state index in [2.05, 4.69) is 26.9 Å². The summed E-state index contributed by atoms with van der Waals surface area (Å²) in [7, 11) is 0. The fraction of sp³-hybridized carbons (Fsp3) is 0.706. The third-order valence-corrected chi connectivity index (χ3v) is 4.90. The predicted octanol–water partition coefficient (Wildman–Crippen LogP) is 1.89. The molecule has 1 aromatic rings. The van der Waals surface area contributed by atoms with Gasteiger partial charge in [-0.2, -0.15) is 0 Å². The van der Waals surface area contributed by atoms with E-state index in [9.17, 15) is 0 Å². The fourth-order valence-electron chi connectivity index (χ4n) is 3.59. The number of hydrogen-bond donors (Lipinski definition) is 1. The Bertz CT molecular complexity index is 417. The second-order valence-electron chi connectivity index (χ2n) is 6.50. The molecule has 0 aromatic carbocycles. The normalized spacial score (nSPS) is 21.1. The molecule has 21 heavy (non-hydrogen) atoms. The Morgan fingerprint density at radius 1 is 1.10 bits per heavy atom. The zero-order valence-electron chi connectivity index (χ0n) is 13.0. The van der Waals surface area contributed by atoms with Crippen molar-refractivity contribution in [3.8, 4) is 0 Å². The molecular weight excluding hydrogens is 260 g/mol. The van der Waals surface area contributed by atoms with Gasteiger partial charge in [-0.1, -0.05) is 6.07 Å². The Labute approximate surface area is 128 Å². The summed E-state index contributed by atoms with van der Waals surface area (Å²) in [6.45, 7) is 6.97. The zero-order chi connectivity index (χ0) is 14.5. The molecule has 1 aromatic heterocycles. The van der Waals surface area contributed by atoms with Crippen molar-refractivity contribution in [2.75, 3.05) is 44.2 Å². The first-order chi connectivity index (χ1) is 10.3. The molecule has 4 nitrogen and oxygen atoms in total. The van der Waals surface area contributed by atoms with Crippen LogP contribution in [0.5, 0.6) is 0 Å². The summed E-state index contributed by atoms with van der Waals surface area (Å²) in [5.41, 5.74) is 6.82. The van der Waals surface area contributed by atoms with Gasteiger partial charge in [0, 0.05) is 25.8 Å². The maximum absolute atomic E-state index is 5.58. The highest BCUT2D eigenvalue weighted by atomic mass is 15.2. The minimum Gasteiger partial charge on any atom is -0.357 e. The van der Waals surface area contributed by atoms with Gasteiger partial charge in [-0.3, -0.25) is 0 Å². The second kappa shape index (κ2) is 7.23. The highest BCUT2D eigenvalue weighted by Crippen LogP contribution is 2.23. The molecule has 116 valence electrons. The van der Waals surface area contributed by atoms with E-state index in [4.69, 9.17) is 5.73 Å². The average Bonchev–Trinajstić information content (AvgIpc) is 3.02. The van der Waals surface area contributed by atoms with Crippen LogP contribution in [0, 0.1) is 5.92 Å². The summed E-state index contributed by atoms with van der Waals surface area (Å²) < 4.78 is 0. The van der Waals surface area contributed by atoms with Crippen LogP contribution in [-0.2, 0) is 6.42 Å². The third-order valence-electron chi connectivity index (χ3n) is 4.90. The molecule has 0 spiro atoms. The summed E-state index contributed by atoms with van der Waals surface area (Å²) in [4.78, 5) is 9.70. The van der Waals surface area contributed by atoms with Gasteiger partial charge < -0.3 is 15.5 Å². The Morgan fingerprint density at radius 2 is 1.86 bits per heavy atom. The van der Waals surface area contributed by atoms with Gasteiger partial charge in [0.05, 0.1) is 0 Å². The molecule has 0 radical (unpaired) electrons. The van der Waals surface area contributed by atoms with E-state index in [0.717, 1.165) is 31.2 Å². The van der Waals surface area contributed by atoms with Crippen molar-refractivity contribution in [1.29, 1.82) is 0 Å². The van der Waals surface area contributed by atoms with Crippen molar-refractivity contribution < 1.29 is 0 Å². The Kier molecular flexibility index (Phi) is 5.09. The molecule has 0 aliphatic carbocycles. The van der Waals surface area contributed by atoms with Crippen molar-refractivity contribution in [3.05, 3.63) is 23.9 Å². The number of nitrogens with zero attached hydrogens (tertiary/aromatic N) is 3. The smallest absolute Gasteiger partial charge is 0.128 e. The summed E-state index contributed by atoms with van der Waals surface area (Å²) in [6.07, 6.45) is 8.32. The number of hydrogen-bond acceptors (Lipinski definition) is 4. The molecule has 2 N–H and O–H groups in total. The molecule has 0 saturated carbocycles. The monoisotopic (exact) mass is 288 g/mol. The maximum atomic E-state index is 5.58. The number of nitrogens with two attached hydrogens (primary N) is 1. The zero-order valence-corrected chi connectivity index (χ0v) is 13.0. The van der Waals surface area contributed by atoms with Crippen LogP contribution in [-0.4, -0.2) is 49.2 Å². The van der Waals surface area contributed by atoms with Gasteiger partial charge in [0.25, 0.3) is 0 Å². The van der Waals surface area contributed by atoms with Crippen LogP contribution < -0.4 is 10.6 Å². The lowest BCUT2D eigenvalue weighted by atomic mass is 9.96. The Hall–Kier alpha value is -1.13. The Balaban J connectivity index is 1.48. The van der Waals surface area contributed by atoms with Crippen LogP contribution in [0.25, 0.3) is 0 Å². The molecule has 4 heteroatoms. The minimum atomic E-state index is 0.697. The lowest BCUT2D eigenvalue weighted by Crippen LogP contribution is -2.38. The van der Waals surface area contributed by atoms with Crippen molar-refractivity contribution in [2.45, 2.75) is 32.1 Å². The number of pyridine rings is 1. The first-order valence-electron chi connectivity index (χ1n) is 8.47. The molecule has 2 fully saturated rings. The van der Waals surface area contributed by atoms with E-state index in [1.54, 1.807) is 0 Å². The van der Waals surface area contributed by atoms with E-state index in [-0.39, 0.29) is 0 Å². The van der Waals surface area contributed by atoms with Crippen LogP contribution in [0.1, 0.15) is 31.2 Å². The van der Waals surface area contributed by atoms with Gasteiger partial charge in [0.15, 0.2) is 0 Å². The van der Waals surface area contributed by atoms with Crippen molar-refractivity contribution in [3.63, 3.8) is 0 Å². The van der Waals surface area contributed by atoms with Crippen molar-refractivity contribution in [1.82, 2.24) is 9.88 Å². The first kappa shape index (κ1) is 14.8. The summed E-state index contributed by atoms with van der Waals surface area (Å²) in [5, 5.41) is 0. The maximum Gasteiger partial charge on any atom is 0.128 e. The summed E-state index contributed by atoms with van der Waals surface area (Å²) in [6, 6.07) is 4.33. The highest BCUT2D eigenvalue weighted by Gasteiger charge is 2.23. The van der Waals surface area contributed by atoms with Gasteiger partial charge >= 0.3 is 0 Å². The van der Waals surface area contributed by atoms with E-state index in [0.29, 0.717) is 6.54 Å². The van der Waals surface area contributed by atoms with Crippen LogP contribution >= 0.6 is 0 Å².